The van der Waals surface area contributed by atoms with Gasteiger partial charge in [-0.2, -0.15) is 0 Å². The topological polar surface area (TPSA) is 85.4 Å². The minimum Gasteiger partial charge on any atom is -0.458 e. The van der Waals surface area contributed by atoms with Crippen LogP contribution < -0.4 is 0 Å². The van der Waals surface area contributed by atoms with Crippen LogP contribution in [0.5, 0.6) is 0 Å². The fraction of sp³-hybridized carbons (Fsp3) is 0.647. The molecule has 0 aromatic carbocycles. The van der Waals surface area contributed by atoms with Crippen molar-refractivity contribution in [2.75, 3.05) is 6.61 Å². The van der Waals surface area contributed by atoms with Gasteiger partial charge in [0.05, 0.1) is 12.2 Å². The summed E-state index contributed by atoms with van der Waals surface area (Å²) >= 11 is 0. The standard InChI is InChI=1S/C17H20O6/c1-8-11-5-17(20)9(2)12(22-10(3)18)4-14(17)16(7-21-16)6-13(11)23-15(8)19/h11-14,20H,1-2,4-7H2,3H3/t11-,12+,13+,14+,16+,17+/m1/s1. The predicted octanol–water partition coefficient (Wildman–Crippen LogP) is 0.886. The lowest BCUT2D eigenvalue weighted by Crippen LogP contribution is -2.42. The van der Waals surface area contributed by atoms with Crippen molar-refractivity contribution in [2.45, 2.75) is 49.6 Å². The van der Waals surface area contributed by atoms with Crippen LogP contribution in [0.4, 0.5) is 0 Å². The second-order valence-electron chi connectivity index (χ2n) is 7.17. The molecule has 6 atom stereocenters. The van der Waals surface area contributed by atoms with Gasteiger partial charge >= 0.3 is 11.9 Å². The number of esters is 2. The Labute approximate surface area is 134 Å². The van der Waals surface area contributed by atoms with Crippen LogP contribution in [0, 0.1) is 11.8 Å². The predicted molar refractivity (Wildman–Crippen MR) is 78.2 cm³/mol. The van der Waals surface area contributed by atoms with E-state index in [1.807, 2.05) is 0 Å². The highest BCUT2D eigenvalue weighted by Crippen LogP contribution is 2.60. The van der Waals surface area contributed by atoms with E-state index in [9.17, 15) is 14.7 Å². The Bertz CT molecular complexity index is 633. The number of carbonyl (C=O) groups excluding carboxylic acids is 2. The fourth-order valence-electron chi connectivity index (χ4n) is 4.64. The summed E-state index contributed by atoms with van der Waals surface area (Å²) in [6.45, 7) is 9.68. The second-order valence-corrected chi connectivity index (χ2v) is 7.17. The molecule has 2 aliphatic heterocycles. The average Bonchev–Trinajstić information content (AvgIpc) is 3.16. The fourth-order valence-corrected chi connectivity index (χ4v) is 4.64. The maximum atomic E-state index is 11.8. The molecule has 0 unspecified atom stereocenters. The number of rotatable bonds is 1. The minimum absolute atomic E-state index is 0.219. The Morgan fingerprint density at radius 1 is 1.39 bits per heavy atom. The molecular formula is C17H20O6. The van der Waals surface area contributed by atoms with Gasteiger partial charge in [0.1, 0.15) is 17.8 Å². The van der Waals surface area contributed by atoms with Crippen LogP contribution in [0.1, 0.15) is 26.2 Å². The Balaban J connectivity index is 1.71. The molecule has 0 aromatic rings. The van der Waals surface area contributed by atoms with E-state index in [4.69, 9.17) is 14.2 Å². The molecule has 2 heterocycles. The Hall–Kier alpha value is -1.66. The normalized spacial score (nSPS) is 47.8. The van der Waals surface area contributed by atoms with Gasteiger partial charge < -0.3 is 19.3 Å². The Kier molecular flexibility index (Phi) is 2.88. The molecular weight excluding hydrogens is 300 g/mol. The first-order chi connectivity index (χ1) is 10.8. The first-order valence-corrected chi connectivity index (χ1v) is 7.89. The second kappa shape index (κ2) is 4.45. The number of carbonyl (C=O) groups is 2. The summed E-state index contributed by atoms with van der Waals surface area (Å²) in [6.07, 6.45) is 0.484. The van der Waals surface area contributed by atoms with Crippen molar-refractivity contribution in [1.29, 1.82) is 0 Å². The SMILES string of the molecule is C=C1C(=O)O[C@H]2C[C@]3(CO3)[C@@H]3C[C@H](OC(C)=O)C(=C)[C@@]3(O)C[C@H]12. The van der Waals surface area contributed by atoms with Crippen LogP contribution in [0.25, 0.3) is 0 Å². The number of hydrogen-bond donors (Lipinski definition) is 1. The van der Waals surface area contributed by atoms with E-state index < -0.39 is 29.2 Å². The third kappa shape index (κ3) is 1.94. The van der Waals surface area contributed by atoms with Crippen molar-refractivity contribution >= 4 is 11.9 Å². The lowest BCUT2D eigenvalue weighted by Gasteiger charge is -2.33. The monoisotopic (exact) mass is 320 g/mol. The van der Waals surface area contributed by atoms with Gasteiger partial charge in [0.2, 0.25) is 0 Å². The molecule has 6 heteroatoms. The summed E-state index contributed by atoms with van der Waals surface area (Å²) < 4.78 is 16.5. The van der Waals surface area contributed by atoms with Crippen molar-refractivity contribution in [2.24, 2.45) is 11.8 Å². The summed E-state index contributed by atoms with van der Waals surface area (Å²) in [5, 5.41) is 11.4. The first kappa shape index (κ1) is 14.9. The Morgan fingerprint density at radius 3 is 2.70 bits per heavy atom. The molecule has 4 fully saturated rings. The highest BCUT2D eigenvalue weighted by atomic mass is 16.6. The summed E-state index contributed by atoms with van der Waals surface area (Å²) in [4.78, 5) is 23.2. The molecule has 124 valence electrons. The van der Waals surface area contributed by atoms with Crippen molar-refractivity contribution in [3.63, 3.8) is 0 Å². The summed E-state index contributed by atoms with van der Waals surface area (Å²) in [5.74, 6) is -1.28. The molecule has 4 aliphatic rings. The van der Waals surface area contributed by atoms with Crippen molar-refractivity contribution in [3.8, 4) is 0 Å². The molecule has 0 aromatic heterocycles. The Morgan fingerprint density at radius 2 is 2.09 bits per heavy atom. The van der Waals surface area contributed by atoms with Crippen LogP contribution in [-0.2, 0) is 23.8 Å². The van der Waals surface area contributed by atoms with Gasteiger partial charge in [0.15, 0.2) is 0 Å². The third-order valence-electron chi connectivity index (χ3n) is 5.92. The molecule has 0 amide bonds. The molecule has 0 bridgehead atoms. The molecule has 2 saturated heterocycles. The van der Waals surface area contributed by atoms with E-state index >= 15 is 0 Å². The van der Waals surface area contributed by atoms with Crippen LogP contribution in [0.2, 0.25) is 0 Å². The van der Waals surface area contributed by atoms with Crippen LogP contribution in [-0.4, -0.2) is 47.1 Å². The molecule has 0 radical (unpaired) electrons. The maximum absolute atomic E-state index is 11.8. The van der Waals surface area contributed by atoms with Gasteiger partial charge in [-0.15, -0.1) is 0 Å². The van der Waals surface area contributed by atoms with E-state index in [0.29, 0.717) is 37.0 Å². The molecule has 23 heavy (non-hydrogen) atoms. The van der Waals surface area contributed by atoms with Crippen molar-refractivity contribution in [1.82, 2.24) is 0 Å². The number of fused-ring (bicyclic) bond motifs is 3. The third-order valence-corrected chi connectivity index (χ3v) is 5.92. The molecule has 2 saturated carbocycles. The molecule has 6 nitrogen and oxygen atoms in total. The van der Waals surface area contributed by atoms with Crippen molar-refractivity contribution in [3.05, 3.63) is 24.3 Å². The lowest BCUT2D eigenvalue weighted by molar-refractivity contribution is -0.145. The highest BCUT2D eigenvalue weighted by molar-refractivity contribution is 5.90. The zero-order valence-electron chi connectivity index (χ0n) is 13.0. The lowest BCUT2D eigenvalue weighted by atomic mass is 9.77. The van der Waals surface area contributed by atoms with Crippen LogP contribution in [0.3, 0.4) is 0 Å². The number of aliphatic hydroxyl groups is 1. The number of epoxide rings is 1. The maximum Gasteiger partial charge on any atom is 0.334 e. The van der Waals surface area contributed by atoms with Gasteiger partial charge in [0.25, 0.3) is 0 Å². The van der Waals surface area contributed by atoms with Gasteiger partial charge in [-0.3, -0.25) is 4.79 Å². The zero-order valence-corrected chi connectivity index (χ0v) is 13.0. The van der Waals surface area contributed by atoms with Gasteiger partial charge in [-0.1, -0.05) is 13.2 Å². The number of ether oxygens (including phenoxy) is 3. The van der Waals surface area contributed by atoms with E-state index in [1.54, 1.807) is 0 Å². The number of hydrogen-bond acceptors (Lipinski definition) is 6. The van der Waals surface area contributed by atoms with Crippen molar-refractivity contribution < 1.29 is 28.9 Å². The smallest absolute Gasteiger partial charge is 0.334 e. The highest BCUT2D eigenvalue weighted by Gasteiger charge is 2.69. The van der Waals surface area contributed by atoms with Crippen LogP contribution >= 0.6 is 0 Å². The van der Waals surface area contributed by atoms with Gasteiger partial charge in [-0.05, 0) is 18.4 Å². The molecule has 2 aliphatic carbocycles. The zero-order chi connectivity index (χ0) is 16.6. The molecule has 1 N–H and O–H groups in total. The molecule has 4 rings (SSSR count). The minimum atomic E-state index is -1.24. The summed E-state index contributed by atoms with van der Waals surface area (Å²) in [6, 6.07) is 0. The largest absolute Gasteiger partial charge is 0.458 e. The van der Waals surface area contributed by atoms with E-state index in [2.05, 4.69) is 13.2 Å². The van der Waals surface area contributed by atoms with E-state index in [0.717, 1.165) is 0 Å². The quantitative estimate of drug-likeness (QED) is 0.334. The first-order valence-electron chi connectivity index (χ1n) is 7.89. The summed E-state index contributed by atoms with van der Waals surface area (Å²) in [5.41, 5.74) is -0.895. The molecule has 1 spiro atoms. The average molecular weight is 320 g/mol. The van der Waals surface area contributed by atoms with Crippen LogP contribution in [0.15, 0.2) is 24.3 Å². The van der Waals surface area contributed by atoms with E-state index in [-0.39, 0.29) is 17.9 Å². The van der Waals surface area contributed by atoms with E-state index in [1.165, 1.54) is 6.92 Å². The van der Waals surface area contributed by atoms with Gasteiger partial charge in [0, 0.05) is 30.8 Å². The summed E-state index contributed by atoms with van der Waals surface area (Å²) in [7, 11) is 0. The van der Waals surface area contributed by atoms with Gasteiger partial charge in [-0.25, -0.2) is 4.79 Å².